The zero-order valence-electron chi connectivity index (χ0n) is 19.4. The van der Waals surface area contributed by atoms with Gasteiger partial charge in [-0.25, -0.2) is 0 Å². The van der Waals surface area contributed by atoms with E-state index >= 15 is 0 Å². The van der Waals surface area contributed by atoms with Gasteiger partial charge in [-0.3, -0.25) is 4.79 Å². The maximum atomic E-state index is 12.0. The van der Waals surface area contributed by atoms with E-state index in [4.69, 9.17) is 0 Å². The molecule has 1 amide bonds. The summed E-state index contributed by atoms with van der Waals surface area (Å²) in [7, 11) is -5.01. The van der Waals surface area contributed by atoms with E-state index in [0.29, 0.717) is 6.42 Å². The number of hydrogen-bond donors (Lipinski definition) is 1. The highest BCUT2D eigenvalue weighted by molar-refractivity contribution is 7.43. The van der Waals surface area contributed by atoms with Crippen molar-refractivity contribution in [3.8, 4) is 0 Å². The van der Waals surface area contributed by atoms with Gasteiger partial charge < -0.3 is 24.2 Å². The third-order valence-corrected chi connectivity index (χ3v) is 5.69. The highest BCUT2D eigenvalue weighted by Gasteiger charge is 2.16. The Balaban J connectivity index is 3.61. The number of allylic oxidation sites excluding steroid dienone is 2. The first kappa shape index (κ1) is 29.3. The van der Waals surface area contributed by atoms with Gasteiger partial charge in [0, 0.05) is 6.42 Å². The molecule has 30 heavy (non-hydrogen) atoms. The topological polar surface area (TPSA) is 102 Å². The quantitative estimate of drug-likeness (QED) is 0.161. The summed E-state index contributed by atoms with van der Waals surface area (Å²) in [6.45, 7) is 5.63. The molecule has 0 saturated carbocycles. The molecule has 0 saturated heterocycles. The van der Waals surface area contributed by atoms with E-state index in [1.807, 2.05) is 13.8 Å². The smallest absolute Gasteiger partial charge is 0.220 e. The highest BCUT2D eigenvalue weighted by atomic mass is 31.2. The number of nitrogens with one attached hydrogen (secondary N) is 1. The average Bonchev–Trinajstić information content (AvgIpc) is 2.67. The first-order valence-electron chi connectivity index (χ1n) is 11.9. The Hall–Kier alpha value is -0.680. The van der Waals surface area contributed by atoms with Crippen LogP contribution < -0.4 is 15.1 Å². The average molecular weight is 446 g/mol. The van der Waals surface area contributed by atoms with Crippen LogP contribution in [0, 0.1) is 5.92 Å². The zero-order chi connectivity index (χ0) is 22.7. The first-order chi connectivity index (χ1) is 14.3. The van der Waals surface area contributed by atoms with Crippen molar-refractivity contribution >= 4 is 13.7 Å². The van der Waals surface area contributed by atoms with Crippen molar-refractivity contribution in [2.24, 2.45) is 5.92 Å². The van der Waals surface area contributed by atoms with Crippen LogP contribution in [0.2, 0.25) is 0 Å². The van der Waals surface area contributed by atoms with Crippen LogP contribution in [0.5, 0.6) is 0 Å². The van der Waals surface area contributed by atoms with Crippen molar-refractivity contribution < 1.29 is 23.7 Å². The minimum atomic E-state index is -5.01. The van der Waals surface area contributed by atoms with Crippen LogP contribution in [0.4, 0.5) is 0 Å². The number of carbonyl (C=O) groups is 1. The Morgan fingerprint density at radius 3 is 1.90 bits per heavy atom. The molecule has 0 aliphatic carbocycles. The molecule has 0 aliphatic rings. The molecule has 0 aromatic heterocycles. The molecule has 6 nitrogen and oxygen atoms in total. The van der Waals surface area contributed by atoms with Gasteiger partial charge in [0.15, 0.2) is 0 Å². The standard InChI is InChI=1S/C23H46NO5P/c1-4-5-6-7-8-9-10-11-12-13-14-15-16-17-18-19-23(25)24-22(21(2)3)20-29-30(26,27)28/h11-12,21-22H,4-10,13-20H2,1-3H3,(H,24,25)(H2,26,27,28)/p-2/b12-11-/t22-/m0/s1. The van der Waals surface area contributed by atoms with E-state index in [9.17, 15) is 19.1 Å². The van der Waals surface area contributed by atoms with E-state index in [1.54, 1.807) is 0 Å². The van der Waals surface area contributed by atoms with Gasteiger partial charge in [-0.05, 0) is 38.0 Å². The number of phosphoric ester groups is 1. The third-order valence-electron chi connectivity index (χ3n) is 5.23. The van der Waals surface area contributed by atoms with Gasteiger partial charge in [0.2, 0.25) is 5.91 Å². The number of unbranched alkanes of at least 4 members (excludes halogenated alkanes) is 11. The summed E-state index contributed by atoms with van der Waals surface area (Å²) in [5, 5.41) is 2.77. The largest absolute Gasteiger partial charge is 0.790 e. The molecular formula is C23H44NO5P-2. The molecule has 0 aromatic carbocycles. The summed E-state index contributed by atoms with van der Waals surface area (Å²) in [5.41, 5.74) is 0. The Kier molecular flexibility index (Phi) is 18.6. The summed E-state index contributed by atoms with van der Waals surface area (Å²) in [6.07, 6.45) is 20.7. The fourth-order valence-electron chi connectivity index (χ4n) is 3.21. The highest BCUT2D eigenvalue weighted by Crippen LogP contribution is 2.25. The summed E-state index contributed by atoms with van der Waals surface area (Å²) in [4.78, 5) is 33.2. The van der Waals surface area contributed by atoms with Gasteiger partial charge in [0.25, 0.3) is 0 Å². The molecule has 0 fully saturated rings. The monoisotopic (exact) mass is 445 g/mol. The predicted molar refractivity (Wildman–Crippen MR) is 120 cm³/mol. The van der Waals surface area contributed by atoms with Gasteiger partial charge >= 0.3 is 0 Å². The Morgan fingerprint density at radius 2 is 1.40 bits per heavy atom. The fraction of sp³-hybridized carbons (Fsp3) is 0.870. The maximum absolute atomic E-state index is 12.0. The number of amides is 1. The van der Waals surface area contributed by atoms with Gasteiger partial charge in [0.05, 0.1) is 20.5 Å². The number of hydrogen-bond acceptors (Lipinski definition) is 5. The van der Waals surface area contributed by atoms with Crippen molar-refractivity contribution in [1.29, 1.82) is 0 Å². The minimum Gasteiger partial charge on any atom is -0.790 e. The molecule has 0 radical (unpaired) electrons. The molecule has 0 spiro atoms. The van der Waals surface area contributed by atoms with Crippen molar-refractivity contribution in [2.75, 3.05) is 6.61 Å². The second-order valence-corrected chi connectivity index (χ2v) is 9.65. The molecule has 1 N–H and O–H groups in total. The van der Waals surface area contributed by atoms with Crippen LogP contribution >= 0.6 is 7.82 Å². The van der Waals surface area contributed by atoms with Gasteiger partial charge in [0.1, 0.15) is 0 Å². The molecule has 178 valence electrons. The van der Waals surface area contributed by atoms with Crippen LogP contribution in [-0.4, -0.2) is 18.6 Å². The Bertz CT molecular complexity index is 490. The van der Waals surface area contributed by atoms with E-state index in [0.717, 1.165) is 25.7 Å². The Labute approximate surface area is 184 Å². The van der Waals surface area contributed by atoms with Crippen LogP contribution in [0.15, 0.2) is 12.2 Å². The van der Waals surface area contributed by atoms with E-state index in [2.05, 4.69) is 28.9 Å². The van der Waals surface area contributed by atoms with Crippen molar-refractivity contribution in [3.63, 3.8) is 0 Å². The summed E-state index contributed by atoms with van der Waals surface area (Å²) in [5.74, 6) is -0.142. The van der Waals surface area contributed by atoms with Gasteiger partial charge in [-0.15, -0.1) is 0 Å². The number of carbonyl (C=O) groups excluding carboxylic acids is 1. The van der Waals surface area contributed by atoms with Gasteiger partial charge in [-0.2, -0.15) is 0 Å². The van der Waals surface area contributed by atoms with E-state index in [-0.39, 0.29) is 18.4 Å². The normalized spacial score (nSPS) is 13.3. The maximum Gasteiger partial charge on any atom is 0.220 e. The van der Waals surface area contributed by atoms with E-state index in [1.165, 1.54) is 57.8 Å². The fourth-order valence-corrected chi connectivity index (χ4v) is 3.55. The summed E-state index contributed by atoms with van der Waals surface area (Å²) in [6, 6.07) is -0.475. The molecule has 7 heteroatoms. The molecule has 1 atom stereocenters. The van der Waals surface area contributed by atoms with Crippen LogP contribution in [0.3, 0.4) is 0 Å². The van der Waals surface area contributed by atoms with Gasteiger partial charge in [-0.1, -0.05) is 84.3 Å². The predicted octanol–water partition coefficient (Wildman–Crippen LogP) is 5.01. The third kappa shape index (κ3) is 20.6. The van der Waals surface area contributed by atoms with Crippen molar-refractivity contribution in [3.05, 3.63) is 12.2 Å². The SMILES string of the molecule is CCCCCCCC/C=C\CCCCCCCC(=O)N[C@@H](COP(=O)([O-])[O-])C(C)C. The molecular weight excluding hydrogens is 401 g/mol. The minimum absolute atomic E-state index is 0.0189. The van der Waals surface area contributed by atoms with Crippen molar-refractivity contribution in [1.82, 2.24) is 5.32 Å². The summed E-state index contributed by atoms with van der Waals surface area (Å²) < 4.78 is 14.9. The number of rotatable bonds is 20. The number of phosphoric acid groups is 1. The van der Waals surface area contributed by atoms with Crippen LogP contribution in [0.1, 0.15) is 111 Å². The molecule has 0 aliphatic heterocycles. The Morgan fingerprint density at radius 1 is 0.900 bits per heavy atom. The second kappa shape index (κ2) is 19.0. The second-order valence-electron chi connectivity index (χ2n) is 8.50. The lowest BCUT2D eigenvalue weighted by Crippen LogP contribution is -2.42. The van der Waals surface area contributed by atoms with Crippen LogP contribution in [0.25, 0.3) is 0 Å². The lowest BCUT2D eigenvalue weighted by molar-refractivity contribution is -0.342. The molecule has 0 bridgehead atoms. The zero-order valence-corrected chi connectivity index (χ0v) is 20.3. The lowest BCUT2D eigenvalue weighted by Gasteiger charge is -2.32. The van der Waals surface area contributed by atoms with Crippen molar-refractivity contribution in [2.45, 2.75) is 117 Å². The van der Waals surface area contributed by atoms with E-state index < -0.39 is 13.9 Å². The van der Waals surface area contributed by atoms with Crippen LogP contribution in [-0.2, 0) is 13.9 Å². The molecule has 0 rings (SSSR count). The molecule has 0 unspecified atom stereocenters. The first-order valence-corrected chi connectivity index (χ1v) is 13.3. The lowest BCUT2D eigenvalue weighted by atomic mass is 10.0. The molecule has 0 aromatic rings. The summed E-state index contributed by atoms with van der Waals surface area (Å²) >= 11 is 0. The molecule has 0 heterocycles.